The van der Waals surface area contributed by atoms with E-state index in [1.807, 2.05) is 37.3 Å². The Balaban J connectivity index is 1.66. The van der Waals surface area contributed by atoms with Crippen LogP contribution in [0.4, 0.5) is 21.5 Å². The van der Waals surface area contributed by atoms with Crippen LogP contribution in [0.15, 0.2) is 60.7 Å². The van der Waals surface area contributed by atoms with Gasteiger partial charge in [0.05, 0.1) is 5.69 Å². The van der Waals surface area contributed by atoms with E-state index in [1.54, 1.807) is 6.07 Å². The molecule has 0 saturated carbocycles. The molecule has 0 aromatic heterocycles. The van der Waals surface area contributed by atoms with Crippen LogP contribution in [0.3, 0.4) is 0 Å². The lowest BCUT2D eigenvalue weighted by molar-refractivity contribution is 0.0995. The molecule has 5 heteroatoms. The third kappa shape index (κ3) is 3.39. The van der Waals surface area contributed by atoms with Crippen molar-refractivity contribution in [2.45, 2.75) is 19.8 Å². The summed E-state index contributed by atoms with van der Waals surface area (Å²) in [6, 6.07) is 16.9. The first-order valence-electron chi connectivity index (χ1n) is 9.11. The number of aryl methyl sites for hydroxylation is 1. The minimum atomic E-state index is -0.403. The van der Waals surface area contributed by atoms with Gasteiger partial charge in [0.15, 0.2) is 5.78 Å². The number of hydrogen-bond acceptors (Lipinski definition) is 3. The van der Waals surface area contributed by atoms with E-state index in [0.29, 0.717) is 29.7 Å². The van der Waals surface area contributed by atoms with Gasteiger partial charge in [0.25, 0.3) is 5.91 Å². The summed E-state index contributed by atoms with van der Waals surface area (Å²) >= 11 is 0. The van der Waals surface area contributed by atoms with Gasteiger partial charge in [0.2, 0.25) is 0 Å². The maximum absolute atomic E-state index is 13.1. The zero-order valence-electron chi connectivity index (χ0n) is 15.4. The molecule has 140 valence electrons. The Morgan fingerprint density at radius 1 is 0.893 bits per heavy atom. The van der Waals surface area contributed by atoms with Crippen LogP contribution in [-0.4, -0.2) is 11.7 Å². The summed E-state index contributed by atoms with van der Waals surface area (Å²) in [5.41, 5.74) is 5.24. The Labute approximate surface area is 162 Å². The highest BCUT2D eigenvalue weighted by molar-refractivity contribution is 6.12. The average molecular weight is 374 g/mol. The molecule has 0 fully saturated rings. The van der Waals surface area contributed by atoms with Gasteiger partial charge in [-0.05, 0) is 66.9 Å². The molecule has 2 N–H and O–H groups in total. The summed E-state index contributed by atoms with van der Waals surface area (Å²) in [6.07, 6.45) is 1.05. The highest BCUT2D eigenvalue weighted by Gasteiger charge is 2.27. The van der Waals surface area contributed by atoms with Crippen LogP contribution in [0, 0.1) is 12.7 Å². The van der Waals surface area contributed by atoms with Crippen LogP contribution < -0.4 is 10.6 Å². The van der Waals surface area contributed by atoms with Crippen molar-refractivity contribution in [2.24, 2.45) is 0 Å². The summed E-state index contributed by atoms with van der Waals surface area (Å²) in [5, 5.41) is 6.21. The maximum atomic E-state index is 13.1. The second-order valence-corrected chi connectivity index (χ2v) is 6.84. The zero-order valence-corrected chi connectivity index (χ0v) is 15.4. The molecule has 0 atom stereocenters. The number of carbonyl (C=O) groups is 2. The first-order chi connectivity index (χ1) is 13.5. The Hall–Kier alpha value is -3.47. The molecule has 1 aliphatic carbocycles. The molecule has 3 aromatic rings. The number of rotatable bonds is 4. The molecule has 3 aromatic carbocycles. The molecular weight excluding hydrogens is 355 g/mol. The summed E-state index contributed by atoms with van der Waals surface area (Å²) in [7, 11) is 0. The number of para-hydroxylation sites is 1. The Morgan fingerprint density at radius 2 is 1.61 bits per heavy atom. The van der Waals surface area contributed by atoms with Crippen molar-refractivity contribution in [3.8, 4) is 0 Å². The summed E-state index contributed by atoms with van der Waals surface area (Å²) in [6.45, 7) is 2.02. The fraction of sp³-hybridized carbons (Fsp3) is 0.130. The monoisotopic (exact) mass is 374 g/mol. The van der Waals surface area contributed by atoms with Gasteiger partial charge in [0.1, 0.15) is 5.82 Å². The van der Waals surface area contributed by atoms with Crippen LogP contribution in [0.1, 0.15) is 38.3 Å². The Bertz CT molecular complexity index is 1070. The second-order valence-electron chi connectivity index (χ2n) is 6.84. The van der Waals surface area contributed by atoms with Crippen molar-refractivity contribution in [2.75, 3.05) is 10.6 Å². The number of benzene rings is 3. The highest BCUT2D eigenvalue weighted by atomic mass is 19.1. The molecule has 0 aliphatic heterocycles. The minimum Gasteiger partial charge on any atom is -0.355 e. The molecule has 4 rings (SSSR count). The number of halogens is 1. The number of ketones is 1. The van der Waals surface area contributed by atoms with Gasteiger partial charge in [-0.15, -0.1) is 0 Å². The van der Waals surface area contributed by atoms with Crippen molar-refractivity contribution < 1.29 is 14.0 Å². The molecule has 0 spiro atoms. The first-order valence-corrected chi connectivity index (χ1v) is 9.11. The maximum Gasteiger partial charge on any atom is 0.255 e. The lowest BCUT2D eigenvalue weighted by Crippen LogP contribution is -2.14. The number of nitrogens with one attached hydrogen (secondary N) is 2. The molecule has 1 amide bonds. The van der Waals surface area contributed by atoms with Crippen LogP contribution >= 0.6 is 0 Å². The van der Waals surface area contributed by atoms with E-state index in [-0.39, 0.29) is 11.7 Å². The highest BCUT2D eigenvalue weighted by Crippen LogP contribution is 2.36. The predicted molar refractivity (Wildman–Crippen MR) is 108 cm³/mol. The Kier molecular flexibility index (Phi) is 4.65. The molecule has 0 unspecified atom stereocenters. The number of fused-ring (bicyclic) bond motifs is 1. The number of carbonyl (C=O) groups excluding carboxylic acids is 2. The number of anilines is 3. The Morgan fingerprint density at radius 3 is 2.36 bits per heavy atom. The van der Waals surface area contributed by atoms with Crippen molar-refractivity contribution in [3.05, 3.63) is 88.7 Å². The summed E-state index contributed by atoms with van der Waals surface area (Å²) in [4.78, 5) is 25.0. The zero-order chi connectivity index (χ0) is 19.7. The van der Waals surface area contributed by atoms with E-state index in [1.165, 1.54) is 24.3 Å². The molecule has 0 saturated heterocycles. The quantitative estimate of drug-likeness (QED) is 0.655. The van der Waals surface area contributed by atoms with Crippen LogP contribution in [0.25, 0.3) is 0 Å². The van der Waals surface area contributed by atoms with Gasteiger partial charge in [-0.1, -0.05) is 18.2 Å². The van der Waals surface area contributed by atoms with Crippen LogP contribution in [0.2, 0.25) is 0 Å². The molecule has 1 aliphatic rings. The van der Waals surface area contributed by atoms with Gasteiger partial charge in [-0.25, -0.2) is 4.39 Å². The number of amides is 1. The molecule has 0 radical (unpaired) electrons. The predicted octanol–water partition coefficient (Wildman–Crippen LogP) is 5.26. The van der Waals surface area contributed by atoms with Crippen molar-refractivity contribution in [3.63, 3.8) is 0 Å². The van der Waals surface area contributed by atoms with Gasteiger partial charge < -0.3 is 10.6 Å². The molecule has 4 nitrogen and oxygen atoms in total. The molecular formula is C23H19FN2O2. The largest absolute Gasteiger partial charge is 0.355 e. The number of Topliss-reactive ketones (excluding diaryl/α,β-unsaturated/α-hetero) is 1. The fourth-order valence-corrected chi connectivity index (χ4v) is 3.46. The molecule has 28 heavy (non-hydrogen) atoms. The summed E-state index contributed by atoms with van der Waals surface area (Å²) < 4.78 is 13.1. The third-order valence-electron chi connectivity index (χ3n) is 4.96. The fourth-order valence-electron chi connectivity index (χ4n) is 3.46. The topological polar surface area (TPSA) is 58.2 Å². The number of hydrogen-bond donors (Lipinski definition) is 2. The van der Waals surface area contributed by atoms with Gasteiger partial charge >= 0.3 is 0 Å². The van der Waals surface area contributed by atoms with Crippen molar-refractivity contribution in [1.82, 2.24) is 0 Å². The van der Waals surface area contributed by atoms with Gasteiger partial charge in [0, 0.05) is 28.9 Å². The van der Waals surface area contributed by atoms with E-state index in [4.69, 9.17) is 0 Å². The van der Waals surface area contributed by atoms with Gasteiger partial charge in [-0.3, -0.25) is 9.59 Å². The molecule has 0 heterocycles. The first kappa shape index (κ1) is 17.9. The van der Waals surface area contributed by atoms with E-state index < -0.39 is 5.82 Å². The SMILES string of the molecule is Cc1ccccc1Nc1ccc(NC(=O)c2ccc(F)cc2)c2c1CCC2=O. The van der Waals surface area contributed by atoms with Crippen molar-refractivity contribution >= 4 is 28.8 Å². The van der Waals surface area contributed by atoms with Crippen LogP contribution in [-0.2, 0) is 6.42 Å². The normalized spacial score (nSPS) is 12.6. The van der Waals surface area contributed by atoms with E-state index >= 15 is 0 Å². The summed E-state index contributed by atoms with van der Waals surface area (Å²) in [5.74, 6) is -0.765. The van der Waals surface area contributed by atoms with Crippen molar-refractivity contribution in [1.29, 1.82) is 0 Å². The standard InChI is InChI=1S/C23H19FN2O2/c1-14-4-2-3-5-18(14)25-19-11-12-20(22-17(19)10-13-21(22)27)26-23(28)15-6-8-16(24)9-7-15/h2-9,11-12,25H,10,13H2,1H3,(H,26,28). The average Bonchev–Trinajstić information content (AvgIpc) is 3.08. The van der Waals surface area contributed by atoms with E-state index in [0.717, 1.165) is 22.5 Å². The van der Waals surface area contributed by atoms with Crippen LogP contribution in [0.5, 0.6) is 0 Å². The molecule has 0 bridgehead atoms. The lowest BCUT2D eigenvalue weighted by Gasteiger charge is -2.16. The second kappa shape index (κ2) is 7.27. The van der Waals surface area contributed by atoms with E-state index in [9.17, 15) is 14.0 Å². The third-order valence-corrected chi connectivity index (χ3v) is 4.96. The minimum absolute atomic E-state index is 0.0119. The smallest absolute Gasteiger partial charge is 0.255 e. The lowest BCUT2D eigenvalue weighted by atomic mass is 10.0. The van der Waals surface area contributed by atoms with Gasteiger partial charge in [-0.2, -0.15) is 0 Å². The van der Waals surface area contributed by atoms with E-state index in [2.05, 4.69) is 10.6 Å².